The molecule has 2 unspecified atom stereocenters. The van der Waals surface area contributed by atoms with E-state index in [0.29, 0.717) is 0 Å². The second-order valence-electron chi connectivity index (χ2n) is 3.95. The van der Waals surface area contributed by atoms with Crippen LogP contribution in [0.2, 0.25) is 0 Å². The molecule has 0 radical (unpaired) electrons. The summed E-state index contributed by atoms with van der Waals surface area (Å²) in [5.41, 5.74) is 2.52. The lowest BCUT2D eigenvalue weighted by atomic mass is 10.0. The van der Waals surface area contributed by atoms with Crippen LogP contribution in [0.5, 0.6) is 11.5 Å². The molecule has 80 valence electrons. The molecule has 1 aliphatic heterocycles. The molecule has 2 aromatic rings. The average molecular weight is 246 g/mol. The molecule has 0 bridgehead atoms. The monoisotopic (exact) mass is 246 g/mol. The molecule has 3 heteroatoms. The van der Waals surface area contributed by atoms with Crippen LogP contribution >= 0.6 is 18.5 Å². The minimum atomic E-state index is 0.954. The largest absolute Gasteiger partial charge is 0.455 e. The van der Waals surface area contributed by atoms with Crippen LogP contribution in [0.4, 0.5) is 0 Å². The number of ether oxygens (including phenoxy) is 1. The van der Waals surface area contributed by atoms with Gasteiger partial charge in [-0.05, 0) is 11.1 Å². The van der Waals surface area contributed by atoms with E-state index in [2.05, 4.69) is 54.9 Å². The van der Waals surface area contributed by atoms with Crippen molar-refractivity contribution < 1.29 is 4.74 Å². The molecule has 0 N–H and O–H groups in total. The first kappa shape index (κ1) is 10.3. The van der Waals surface area contributed by atoms with Crippen LogP contribution in [0.1, 0.15) is 11.1 Å². The lowest BCUT2D eigenvalue weighted by molar-refractivity contribution is 0.468. The van der Waals surface area contributed by atoms with Gasteiger partial charge in [-0.1, -0.05) is 36.4 Å². The van der Waals surface area contributed by atoms with Gasteiger partial charge in [0.2, 0.25) is 0 Å². The fourth-order valence-corrected chi connectivity index (χ4v) is 2.75. The van der Waals surface area contributed by atoms with Gasteiger partial charge in [0.1, 0.15) is 11.5 Å². The minimum absolute atomic E-state index is 0.954. The predicted octanol–water partition coefficient (Wildman–Crippen LogP) is 2.38. The molecule has 1 aliphatic rings. The molecule has 2 atom stereocenters. The molecule has 1 heterocycles. The molecule has 0 saturated heterocycles. The van der Waals surface area contributed by atoms with Crippen molar-refractivity contribution >= 4 is 29.1 Å². The lowest BCUT2D eigenvalue weighted by Gasteiger charge is -2.22. The van der Waals surface area contributed by atoms with E-state index in [9.17, 15) is 0 Å². The third-order valence-corrected chi connectivity index (χ3v) is 3.75. The quantitative estimate of drug-likeness (QED) is 0.553. The van der Waals surface area contributed by atoms with Gasteiger partial charge in [-0.25, -0.2) is 0 Å². The minimum Gasteiger partial charge on any atom is -0.455 e. The number of hydrogen-bond acceptors (Lipinski definition) is 1. The fraction of sp³-hybridized carbons (Fsp3) is 0.0769. The Morgan fingerprint density at radius 3 is 1.81 bits per heavy atom. The highest BCUT2D eigenvalue weighted by Crippen LogP contribution is 2.35. The molecule has 0 spiro atoms. The molecule has 0 saturated carbocycles. The van der Waals surface area contributed by atoms with Crippen LogP contribution in [0, 0.1) is 0 Å². The zero-order valence-electron chi connectivity index (χ0n) is 8.73. The van der Waals surface area contributed by atoms with Crippen LogP contribution in [0.3, 0.4) is 0 Å². The van der Waals surface area contributed by atoms with E-state index < -0.39 is 0 Å². The average Bonchev–Trinajstić information content (AvgIpc) is 2.28. The Bertz CT molecular complexity index is 514. The first-order valence-corrected chi connectivity index (χ1v) is 6.34. The topological polar surface area (TPSA) is 9.23 Å². The van der Waals surface area contributed by atoms with Gasteiger partial charge in [0.05, 0.1) is 0 Å². The van der Waals surface area contributed by atoms with Crippen LogP contribution < -0.4 is 15.3 Å². The Morgan fingerprint density at radius 1 is 0.812 bits per heavy atom. The van der Waals surface area contributed by atoms with Crippen molar-refractivity contribution in [3.8, 4) is 11.5 Å². The number of fused-ring (bicyclic) bond motifs is 2. The zero-order valence-corrected chi connectivity index (χ0v) is 11.0. The SMILES string of the molecule is Pc1cccc2c1Oc1c(P)cccc1C2. The Kier molecular flexibility index (Phi) is 2.46. The molecule has 0 amide bonds. The van der Waals surface area contributed by atoms with E-state index in [1.165, 1.54) is 11.1 Å². The summed E-state index contributed by atoms with van der Waals surface area (Å²) < 4.78 is 6.00. The highest BCUT2D eigenvalue weighted by atomic mass is 31.0. The summed E-state index contributed by atoms with van der Waals surface area (Å²) in [7, 11) is 5.46. The summed E-state index contributed by atoms with van der Waals surface area (Å²) in [5, 5.41) is 2.24. The van der Waals surface area contributed by atoms with E-state index in [0.717, 1.165) is 28.5 Å². The van der Waals surface area contributed by atoms with Gasteiger partial charge in [-0.3, -0.25) is 0 Å². The summed E-state index contributed by atoms with van der Waals surface area (Å²) in [6.45, 7) is 0. The maximum atomic E-state index is 6.00. The highest BCUT2D eigenvalue weighted by molar-refractivity contribution is 7.28. The Labute approximate surface area is 99.6 Å². The molecule has 1 nitrogen and oxygen atoms in total. The second-order valence-corrected chi connectivity index (χ2v) is 5.19. The zero-order chi connectivity index (χ0) is 11.1. The van der Waals surface area contributed by atoms with E-state index in [4.69, 9.17) is 4.74 Å². The summed E-state index contributed by atoms with van der Waals surface area (Å²) in [5.74, 6) is 1.99. The smallest absolute Gasteiger partial charge is 0.138 e. The number of para-hydroxylation sites is 2. The first-order chi connectivity index (χ1) is 7.75. The Hall–Kier alpha value is -0.900. The standard InChI is InChI=1S/C13H12OP2/c15-10-5-1-3-8-7-9-4-2-6-11(16)13(9)14-12(8)10/h1-6H,7,15-16H2. The van der Waals surface area contributed by atoms with E-state index in [1.807, 2.05) is 0 Å². The third-order valence-electron chi connectivity index (χ3n) is 2.84. The van der Waals surface area contributed by atoms with E-state index in [1.54, 1.807) is 0 Å². The first-order valence-electron chi connectivity index (χ1n) is 5.18. The van der Waals surface area contributed by atoms with Gasteiger partial charge < -0.3 is 4.74 Å². The number of hydrogen-bond donors (Lipinski definition) is 0. The maximum Gasteiger partial charge on any atom is 0.138 e. The molecular formula is C13H12OP2. The van der Waals surface area contributed by atoms with Crippen molar-refractivity contribution in [3.63, 3.8) is 0 Å². The molecule has 0 fully saturated rings. The third kappa shape index (κ3) is 1.56. The van der Waals surface area contributed by atoms with Gasteiger partial charge in [0.25, 0.3) is 0 Å². The molecular weight excluding hydrogens is 234 g/mol. The van der Waals surface area contributed by atoms with Crippen LogP contribution in [0.15, 0.2) is 36.4 Å². The molecule has 3 rings (SSSR count). The maximum absolute atomic E-state index is 6.00. The van der Waals surface area contributed by atoms with E-state index >= 15 is 0 Å². The van der Waals surface area contributed by atoms with Gasteiger partial charge in [0, 0.05) is 17.0 Å². The summed E-state index contributed by atoms with van der Waals surface area (Å²) >= 11 is 0. The van der Waals surface area contributed by atoms with Crippen molar-refractivity contribution in [2.24, 2.45) is 0 Å². The number of rotatable bonds is 0. The van der Waals surface area contributed by atoms with Crippen LogP contribution in [0.25, 0.3) is 0 Å². The van der Waals surface area contributed by atoms with Gasteiger partial charge in [-0.2, -0.15) is 0 Å². The fourth-order valence-electron chi connectivity index (χ4n) is 2.04. The Balaban J connectivity index is 2.17. The normalized spacial score (nSPS) is 12.6. The Morgan fingerprint density at radius 2 is 1.31 bits per heavy atom. The van der Waals surface area contributed by atoms with Gasteiger partial charge >= 0.3 is 0 Å². The summed E-state index contributed by atoms with van der Waals surface area (Å²) in [4.78, 5) is 0. The number of benzene rings is 2. The summed E-state index contributed by atoms with van der Waals surface area (Å²) in [6, 6.07) is 12.5. The van der Waals surface area contributed by atoms with Crippen molar-refractivity contribution in [1.82, 2.24) is 0 Å². The molecule has 16 heavy (non-hydrogen) atoms. The molecule has 0 aromatic heterocycles. The molecule has 2 aromatic carbocycles. The predicted molar refractivity (Wildman–Crippen MR) is 74.5 cm³/mol. The lowest BCUT2D eigenvalue weighted by Crippen LogP contribution is -2.13. The van der Waals surface area contributed by atoms with Crippen molar-refractivity contribution in [2.75, 3.05) is 0 Å². The van der Waals surface area contributed by atoms with Gasteiger partial charge in [0.15, 0.2) is 0 Å². The van der Waals surface area contributed by atoms with Gasteiger partial charge in [-0.15, -0.1) is 18.5 Å². The highest BCUT2D eigenvalue weighted by Gasteiger charge is 2.19. The van der Waals surface area contributed by atoms with Crippen LogP contribution in [-0.4, -0.2) is 0 Å². The summed E-state index contributed by atoms with van der Waals surface area (Å²) in [6.07, 6.45) is 0.954. The molecule has 0 aliphatic carbocycles. The van der Waals surface area contributed by atoms with Crippen molar-refractivity contribution in [1.29, 1.82) is 0 Å². The second kappa shape index (κ2) is 3.84. The van der Waals surface area contributed by atoms with E-state index in [-0.39, 0.29) is 0 Å². The van der Waals surface area contributed by atoms with Crippen LogP contribution in [-0.2, 0) is 6.42 Å². The van der Waals surface area contributed by atoms with Crippen molar-refractivity contribution in [2.45, 2.75) is 6.42 Å². The van der Waals surface area contributed by atoms with Crippen molar-refractivity contribution in [3.05, 3.63) is 47.5 Å².